The molecule has 11 heavy (non-hydrogen) atoms. The summed E-state index contributed by atoms with van der Waals surface area (Å²) in [6.07, 6.45) is 4.40. The second kappa shape index (κ2) is 2.48. The van der Waals surface area contributed by atoms with Crippen molar-refractivity contribution >= 4 is 0 Å². The van der Waals surface area contributed by atoms with Gasteiger partial charge in [-0.05, 0) is 37.1 Å². The Balaban J connectivity index is 1.79. The van der Waals surface area contributed by atoms with E-state index in [1.54, 1.807) is 0 Å². The molecule has 0 aromatic heterocycles. The predicted octanol–water partition coefficient (Wildman–Crippen LogP) is 2.13. The zero-order chi connectivity index (χ0) is 7.90. The summed E-state index contributed by atoms with van der Waals surface area (Å²) in [5.41, 5.74) is 0.606. The molecule has 0 atom stereocenters. The standard InChI is InChI=1S/C10H19N/c1-10(2)5-6-11(8-10)7-9-3-4-9/h9H,3-8H2,1-2H3. The van der Waals surface area contributed by atoms with E-state index in [4.69, 9.17) is 0 Å². The second-order valence-corrected chi connectivity index (χ2v) is 5.09. The first kappa shape index (κ1) is 7.60. The van der Waals surface area contributed by atoms with Gasteiger partial charge in [-0.2, -0.15) is 0 Å². The molecule has 0 bridgehead atoms. The minimum atomic E-state index is 0.606. The maximum absolute atomic E-state index is 2.65. The molecule has 0 spiro atoms. The Morgan fingerprint density at radius 3 is 2.55 bits per heavy atom. The van der Waals surface area contributed by atoms with E-state index in [9.17, 15) is 0 Å². The Morgan fingerprint density at radius 1 is 1.36 bits per heavy atom. The number of nitrogens with zero attached hydrogens (tertiary/aromatic N) is 1. The Kier molecular flexibility index (Phi) is 1.71. The quantitative estimate of drug-likeness (QED) is 0.587. The van der Waals surface area contributed by atoms with Crippen LogP contribution < -0.4 is 0 Å². The molecule has 1 aliphatic heterocycles. The minimum Gasteiger partial charge on any atom is -0.303 e. The van der Waals surface area contributed by atoms with Gasteiger partial charge < -0.3 is 4.90 Å². The van der Waals surface area contributed by atoms with Crippen LogP contribution in [0.5, 0.6) is 0 Å². The lowest BCUT2D eigenvalue weighted by molar-refractivity contribution is 0.281. The van der Waals surface area contributed by atoms with Crippen molar-refractivity contribution in [2.75, 3.05) is 19.6 Å². The molecule has 1 aliphatic carbocycles. The van der Waals surface area contributed by atoms with Gasteiger partial charge in [-0.15, -0.1) is 0 Å². The van der Waals surface area contributed by atoms with Gasteiger partial charge in [0.25, 0.3) is 0 Å². The van der Waals surface area contributed by atoms with Crippen LogP contribution in [0.25, 0.3) is 0 Å². The molecule has 1 saturated carbocycles. The van der Waals surface area contributed by atoms with E-state index >= 15 is 0 Å². The summed E-state index contributed by atoms with van der Waals surface area (Å²) < 4.78 is 0. The van der Waals surface area contributed by atoms with E-state index in [2.05, 4.69) is 18.7 Å². The summed E-state index contributed by atoms with van der Waals surface area (Å²) in [4.78, 5) is 2.65. The molecule has 1 saturated heterocycles. The normalized spacial score (nSPS) is 31.1. The molecule has 0 aromatic carbocycles. The number of hydrogen-bond acceptors (Lipinski definition) is 1. The van der Waals surface area contributed by atoms with Crippen LogP contribution in [0.4, 0.5) is 0 Å². The molecule has 0 unspecified atom stereocenters. The van der Waals surface area contributed by atoms with Crippen molar-refractivity contribution in [3.05, 3.63) is 0 Å². The summed E-state index contributed by atoms with van der Waals surface area (Å²) in [5.74, 6) is 1.07. The van der Waals surface area contributed by atoms with Gasteiger partial charge in [0.2, 0.25) is 0 Å². The van der Waals surface area contributed by atoms with Gasteiger partial charge in [0.05, 0.1) is 0 Å². The van der Waals surface area contributed by atoms with Crippen molar-refractivity contribution in [3.8, 4) is 0 Å². The molecule has 0 N–H and O–H groups in total. The molecule has 1 heterocycles. The summed E-state index contributed by atoms with van der Waals surface area (Å²) in [5, 5.41) is 0. The van der Waals surface area contributed by atoms with Crippen LogP contribution in [0.1, 0.15) is 33.1 Å². The maximum Gasteiger partial charge on any atom is 0.00333 e. The van der Waals surface area contributed by atoms with Gasteiger partial charge in [-0.3, -0.25) is 0 Å². The third-order valence-corrected chi connectivity index (χ3v) is 2.97. The lowest BCUT2D eigenvalue weighted by Crippen LogP contribution is -2.25. The van der Waals surface area contributed by atoms with Crippen LogP contribution in [0, 0.1) is 11.3 Å². The highest BCUT2D eigenvalue weighted by Crippen LogP contribution is 2.34. The Labute approximate surface area is 69.8 Å². The van der Waals surface area contributed by atoms with E-state index in [1.807, 2.05) is 0 Å². The molecule has 0 radical (unpaired) electrons. The molecule has 2 aliphatic rings. The van der Waals surface area contributed by atoms with Crippen LogP contribution in [0.15, 0.2) is 0 Å². The van der Waals surface area contributed by atoms with Crippen molar-refractivity contribution in [1.29, 1.82) is 0 Å². The van der Waals surface area contributed by atoms with E-state index in [0.29, 0.717) is 5.41 Å². The first-order valence-corrected chi connectivity index (χ1v) is 4.88. The minimum absolute atomic E-state index is 0.606. The van der Waals surface area contributed by atoms with Gasteiger partial charge >= 0.3 is 0 Å². The fraction of sp³-hybridized carbons (Fsp3) is 1.00. The first-order valence-electron chi connectivity index (χ1n) is 4.88. The van der Waals surface area contributed by atoms with Crippen molar-refractivity contribution in [3.63, 3.8) is 0 Å². The third-order valence-electron chi connectivity index (χ3n) is 2.97. The predicted molar refractivity (Wildman–Crippen MR) is 47.6 cm³/mol. The number of likely N-dealkylation sites (tertiary alicyclic amines) is 1. The van der Waals surface area contributed by atoms with E-state index in [-0.39, 0.29) is 0 Å². The zero-order valence-corrected chi connectivity index (χ0v) is 7.77. The van der Waals surface area contributed by atoms with Gasteiger partial charge in [0, 0.05) is 13.1 Å². The second-order valence-electron chi connectivity index (χ2n) is 5.09. The highest BCUT2D eigenvalue weighted by Gasteiger charge is 2.32. The average Bonchev–Trinajstić information content (AvgIpc) is 2.61. The topological polar surface area (TPSA) is 3.24 Å². The fourth-order valence-corrected chi connectivity index (χ4v) is 2.05. The van der Waals surface area contributed by atoms with Crippen LogP contribution in [0.3, 0.4) is 0 Å². The summed E-state index contributed by atoms with van der Waals surface area (Å²) in [6.45, 7) is 8.86. The largest absolute Gasteiger partial charge is 0.303 e. The van der Waals surface area contributed by atoms with Crippen molar-refractivity contribution in [1.82, 2.24) is 4.90 Å². The van der Waals surface area contributed by atoms with Crippen LogP contribution in [0.2, 0.25) is 0 Å². The maximum atomic E-state index is 2.65. The van der Waals surface area contributed by atoms with Crippen LogP contribution in [-0.4, -0.2) is 24.5 Å². The van der Waals surface area contributed by atoms with Crippen molar-refractivity contribution < 1.29 is 0 Å². The third kappa shape index (κ3) is 1.96. The molecule has 0 aromatic rings. The van der Waals surface area contributed by atoms with E-state index in [0.717, 1.165) is 5.92 Å². The van der Waals surface area contributed by atoms with Gasteiger partial charge in [0.1, 0.15) is 0 Å². The van der Waals surface area contributed by atoms with Gasteiger partial charge in [0.15, 0.2) is 0 Å². The van der Waals surface area contributed by atoms with Gasteiger partial charge in [-0.1, -0.05) is 13.8 Å². The summed E-state index contributed by atoms with van der Waals surface area (Å²) >= 11 is 0. The van der Waals surface area contributed by atoms with Crippen LogP contribution >= 0.6 is 0 Å². The highest BCUT2D eigenvalue weighted by atomic mass is 15.2. The molecule has 1 nitrogen and oxygen atoms in total. The SMILES string of the molecule is CC1(C)CCN(CC2CC2)C1. The van der Waals surface area contributed by atoms with Crippen molar-refractivity contribution in [2.45, 2.75) is 33.1 Å². The monoisotopic (exact) mass is 153 g/mol. The Bertz CT molecular complexity index is 147. The zero-order valence-electron chi connectivity index (χ0n) is 7.77. The first-order chi connectivity index (χ1) is 5.16. The Morgan fingerprint density at radius 2 is 2.09 bits per heavy atom. The summed E-state index contributed by atoms with van der Waals surface area (Å²) in [6, 6.07) is 0. The van der Waals surface area contributed by atoms with Gasteiger partial charge in [-0.25, -0.2) is 0 Å². The molecular formula is C10H19N. The van der Waals surface area contributed by atoms with Crippen LogP contribution in [-0.2, 0) is 0 Å². The lowest BCUT2D eigenvalue weighted by atomic mass is 9.93. The fourth-order valence-electron chi connectivity index (χ4n) is 2.05. The average molecular weight is 153 g/mol. The highest BCUT2D eigenvalue weighted by molar-refractivity contribution is 4.86. The molecule has 0 amide bonds. The Hall–Kier alpha value is -0.0400. The molecule has 2 rings (SSSR count). The van der Waals surface area contributed by atoms with E-state index < -0.39 is 0 Å². The number of hydrogen-bond donors (Lipinski definition) is 0. The molecule has 64 valence electrons. The van der Waals surface area contributed by atoms with Crippen molar-refractivity contribution in [2.24, 2.45) is 11.3 Å². The van der Waals surface area contributed by atoms with E-state index in [1.165, 1.54) is 38.9 Å². The smallest absolute Gasteiger partial charge is 0.00333 e. The summed E-state index contributed by atoms with van der Waals surface area (Å²) in [7, 11) is 0. The molecule has 1 heteroatoms. The lowest BCUT2D eigenvalue weighted by Gasteiger charge is -2.19. The molecule has 2 fully saturated rings. The number of rotatable bonds is 2. The molecular weight excluding hydrogens is 134 g/mol.